The molecule has 0 radical (unpaired) electrons. The summed E-state index contributed by atoms with van der Waals surface area (Å²) >= 11 is 0. The van der Waals surface area contributed by atoms with E-state index in [0.29, 0.717) is 5.56 Å². The van der Waals surface area contributed by atoms with E-state index in [2.05, 4.69) is 5.10 Å². The van der Waals surface area contributed by atoms with Gasteiger partial charge in [0.1, 0.15) is 0 Å². The molecule has 4 heteroatoms. The SMILES string of the molecule is Cn1cc(CN)c(F)n1. The molecule has 50 valence electrons. The van der Waals surface area contributed by atoms with Gasteiger partial charge in [-0.25, -0.2) is 0 Å². The number of aromatic nitrogens is 2. The van der Waals surface area contributed by atoms with Gasteiger partial charge in [0.25, 0.3) is 0 Å². The molecule has 0 unspecified atom stereocenters. The Morgan fingerprint density at radius 3 is 2.78 bits per heavy atom. The maximum absolute atomic E-state index is 12.4. The third kappa shape index (κ3) is 1.08. The van der Waals surface area contributed by atoms with E-state index in [9.17, 15) is 4.39 Å². The highest BCUT2D eigenvalue weighted by molar-refractivity contribution is 5.04. The van der Waals surface area contributed by atoms with Crippen LogP contribution in [0.2, 0.25) is 0 Å². The highest BCUT2D eigenvalue weighted by Gasteiger charge is 2.02. The Labute approximate surface area is 52.3 Å². The zero-order valence-electron chi connectivity index (χ0n) is 5.13. The molecule has 1 aromatic heterocycles. The summed E-state index contributed by atoms with van der Waals surface area (Å²) in [5, 5.41) is 3.45. The van der Waals surface area contributed by atoms with Crippen LogP contribution in [0.3, 0.4) is 0 Å². The molecule has 0 spiro atoms. The Balaban J connectivity index is 3.01. The van der Waals surface area contributed by atoms with E-state index in [0.717, 1.165) is 0 Å². The summed E-state index contributed by atoms with van der Waals surface area (Å²) in [5.41, 5.74) is 5.63. The summed E-state index contributed by atoms with van der Waals surface area (Å²) in [7, 11) is 1.66. The number of nitrogens with zero attached hydrogens (tertiary/aromatic N) is 2. The fourth-order valence-electron chi connectivity index (χ4n) is 0.647. The molecule has 0 amide bonds. The van der Waals surface area contributed by atoms with Gasteiger partial charge in [0.15, 0.2) is 0 Å². The Bertz CT molecular complexity index is 206. The lowest BCUT2D eigenvalue weighted by atomic mass is 10.4. The van der Waals surface area contributed by atoms with Gasteiger partial charge in [-0.2, -0.15) is 4.39 Å². The van der Waals surface area contributed by atoms with Gasteiger partial charge in [-0.1, -0.05) is 0 Å². The largest absolute Gasteiger partial charge is 0.326 e. The first-order chi connectivity index (χ1) is 4.24. The van der Waals surface area contributed by atoms with Crippen molar-refractivity contribution in [1.29, 1.82) is 0 Å². The van der Waals surface area contributed by atoms with Crippen molar-refractivity contribution in [1.82, 2.24) is 9.78 Å². The van der Waals surface area contributed by atoms with E-state index >= 15 is 0 Å². The normalized spacial score (nSPS) is 10.1. The van der Waals surface area contributed by atoms with Gasteiger partial charge in [0, 0.05) is 25.4 Å². The lowest BCUT2D eigenvalue weighted by Gasteiger charge is -1.82. The van der Waals surface area contributed by atoms with E-state index < -0.39 is 5.95 Å². The molecule has 0 aliphatic rings. The van der Waals surface area contributed by atoms with Crippen LogP contribution in [0.25, 0.3) is 0 Å². The highest BCUT2D eigenvalue weighted by Crippen LogP contribution is 2.00. The van der Waals surface area contributed by atoms with Gasteiger partial charge in [-0.15, -0.1) is 5.10 Å². The van der Waals surface area contributed by atoms with Gasteiger partial charge < -0.3 is 5.73 Å². The molecule has 0 aliphatic carbocycles. The Kier molecular flexibility index (Phi) is 1.48. The summed E-state index contributed by atoms with van der Waals surface area (Å²) in [6.07, 6.45) is 1.56. The van der Waals surface area contributed by atoms with Crippen LogP contribution in [0, 0.1) is 5.95 Å². The molecule has 1 heterocycles. The van der Waals surface area contributed by atoms with Crippen LogP contribution in [0.5, 0.6) is 0 Å². The minimum Gasteiger partial charge on any atom is -0.326 e. The number of hydrogen-bond acceptors (Lipinski definition) is 2. The molecule has 9 heavy (non-hydrogen) atoms. The predicted molar refractivity (Wildman–Crippen MR) is 31.1 cm³/mol. The summed E-state index contributed by atoms with van der Waals surface area (Å²) in [6, 6.07) is 0. The topological polar surface area (TPSA) is 43.8 Å². The average Bonchev–Trinajstić information content (AvgIpc) is 2.10. The van der Waals surface area contributed by atoms with E-state index in [4.69, 9.17) is 5.73 Å². The van der Waals surface area contributed by atoms with Crippen LogP contribution in [-0.4, -0.2) is 9.78 Å². The zero-order chi connectivity index (χ0) is 6.85. The van der Waals surface area contributed by atoms with Crippen molar-refractivity contribution in [2.45, 2.75) is 6.54 Å². The van der Waals surface area contributed by atoms with Crippen molar-refractivity contribution < 1.29 is 4.39 Å². The fraction of sp³-hybridized carbons (Fsp3) is 0.400. The lowest BCUT2D eigenvalue weighted by molar-refractivity contribution is 0.545. The molecule has 0 saturated carbocycles. The number of aryl methyl sites for hydroxylation is 1. The summed E-state index contributed by atoms with van der Waals surface area (Å²) in [6.45, 7) is 0.208. The van der Waals surface area contributed by atoms with Gasteiger partial charge in [0.05, 0.1) is 0 Å². The van der Waals surface area contributed by atoms with Crippen molar-refractivity contribution in [2.75, 3.05) is 0 Å². The van der Waals surface area contributed by atoms with E-state index in [1.165, 1.54) is 4.68 Å². The second-order valence-electron chi connectivity index (χ2n) is 1.82. The summed E-state index contributed by atoms with van der Waals surface area (Å²) in [4.78, 5) is 0. The molecule has 0 saturated heterocycles. The van der Waals surface area contributed by atoms with Crippen LogP contribution in [-0.2, 0) is 13.6 Å². The molecule has 0 atom stereocenters. The van der Waals surface area contributed by atoms with Crippen LogP contribution >= 0.6 is 0 Å². The third-order valence-corrected chi connectivity index (χ3v) is 1.07. The van der Waals surface area contributed by atoms with Gasteiger partial charge in [-0.05, 0) is 0 Å². The molecule has 1 aromatic rings. The van der Waals surface area contributed by atoms with Crippen LogP contribution in [0.4, 0.5) is 4.39 Å². The second-order valence-corrected chi connectivity index (χ2v) is 1.82. The third-order valence-electron chi connectivity index (χ3n) is 1.07. The van der Waals surface area contributed by atoms with Crippen LogP contribution in [0.15, 0.2) is 6.20 Å². The molecular formula is C5H8FN3. The first-order valence-electron chi connectivity index (χ1n) is 2.62. The maximum Gasteiger partial charge on any atom is 0.237 e. The Hall–Kier alpha value is -0.900. The van der Waals surface area contributed by atoms with E-state index in [1.807, 2.05) is 0 Å². The van der Waals surface area contributed by atoms with E-state index in [-0.39, 0.29) is 6.54 Å². The number of nitrogens with two attached hydrogens (primary N) is 1. The summed E-state index contributed by atoms with van der Waals surface area (Å²) < 4.78 is 13.8. The first-order valence-corrected chi connectivity index (χ1v) is 2.62. The highest BCUT2D eigenvalue weighted by atomic mass is 19.1. The lowest BCUT2D eigenvalue weighted by Crippen LogP contribution is -1.96. The van der Waals surface area contributed by atoms with Crippen molar-refractivity contribution in [3.63, 3.8) is 0 Å². The van der Waals surface area contributed by atoms with Crippen LogP contribution < -0.4 is 5.73 Å². The Morgan fingerprint density at radius 2 is 2.56 bits per heavy atom. The van der Waals surface area contributed by atoms with Crippen LogP contribution in [0.1, 0.15) is 5.56 Å². The summed E-state index contributed by atoms with van der Waals surface area (Å²) in [5.74, 6) is -0.472. The Morgan fingerprint density at radius 1 is 1.89 bits per heavy atom. The van der Waals surface area contributed by atoms with Gasteiger partial charge >= 0.3 is 0 Å². The molecular weight excluding hydrogens is 121 g/mol. The minimum absolute atomic E-state index is 0.208. The fourth-order valence-corrected chi connectivity index (χ4v) is 0.647. The molecule has 0 bridgehead atoms. The monoisotopic (exact) mass is 129 g/mol. The smallest absolute Gasteiger partial charge is 0.237 e. The molecule has 0 fully saturated rings. The van der Waals surface area contributed by atoms with Gasteiger partial charge in [-0.3, -0.25) is 4.68 Å². The van der Waals surface area contributed by atoms with Crippen molar-refractivity contribution in [3.05, 3.63) is 17.7 Å². The van der Waals surface area contributed by atoms with Crippen molar-refractivity contribution in [3.8, 4) is 0 Å². The zero-order valence-corrected chi connectivity index (χ0v) is 5.13. The van der Waals surface area contributed by atoms with Crippen molar-refractivity contribution in [2.24, 2.45) is 12.8 Å². The molecule has 3 nitrogen and oxygen atoms in total. The van der Waals surface area contributed by atoms with E-state index in [1.54, 1.807) is 13.2 Å². The maximum atomic E-state index is 12.4. The molecule has 1 rings (SSSR count). The predicted octanol–water partition coefficient (Wildman–Crippen LogP) is 0.0179. The quantitative estimate of drug-likeness (QED) is 0.580. The molecule has 0 aromatic carbocycles. The standard InChI is InChI=1S/C5H8FN3/c1-9-3-4(2-7)5(6)8-9/h3H,2,7H2,1H3. The average molecular weight is 129 g/mol. The second kappa shape index (κ2) is 2.14. The van der Waals surface area contributed by atoms with Crippen molar-refractivity contribution >= 4 is 0 Å². The van der Waals surface area contributed by atoms with Gasteiger partial charge in [0.2, 0.25) is 5.95 Å². The number of hydrogen-bond donors (Lipinski definition) is 1. The first kappa shape index (κ1) is 6.22. The number of halogens is 1. The number of rotatable bonds is 1. The molecule has 0 aliphatic heterocycles. The molecule has 2 N–H and O–H groups in total. The minimum atomic E-state index is -0.472.